The van der Waals surface area contributed by atoms with Crippen molar-refractivity contribution in [3.63, 3.8) is 0 Å². The number of aliphatic hydroxyl groups excluding tert-OH is 2. The first kappa shape index (κ1) is 12.5. The van der Waals surface area contributed by atoms with E-state index in [2.05, 4.69) is 15.0 Å². The molecule has 2 aromatic heterocycles. The van der Waals surface area contributed by atoms with Gasteiger partial charge in [-0.15, -0.1) is 0 Å². The molecule has 1 aliphatic heterocycles. The molecule has 0 amide bonds. The molecule has 102 valence electrons. The number of nitrogens with two attached hydrogens (primary N) is 1. The first-order valence-electron chi connectivity index (χ1n) is 5.70. The fourth-order valence-corrected chi connectivity index (χ4v) is 2.34. The predicted molar refractivity (Wildman–Crippen MR) is 66.4 cm³/mol. The Balaban J connectivity index is 2.02. The molecule has 1 unspecified atom stereocenters. The van der Waals surface area contributed by atoms with Crippen molar-refractivity contribution in [2.75, 3.05) is 12.3 Å². The average molecular weight is 286 g/mol. The molecule has 0 spiro atoms. The number of nitrogen functional groups attached to an aromatic ring is 1. The quantitative estimate of drug-likeness (QED) is 0.648. The van der Waals surface area contributed by atoms with Crippen molar-refractivity contribution < 1.29 is 14.9 Å². The number of aliphatic hydroxyl groups is 2. The first-order valence-corrected chi connectivity index (χ1v) is 6.08. The standard InChI is InChI=1S/C10H12ClN5O3/c11-10-14-8(12)7-9(15-10)16(3-13-7)6-1-4(18)5(2-17)19-6/h3-6,17-18H,1-2H2,(H2,12,14,15)/t4-,5?,6-/m1/s1. The zero-order valence-electron chi connectivity index (χ0n) is 9.77. The van der Waals surface area contributed by atoms with Crippen LogP contribution in [0.15, 0.2) is 6.33 Å². The van der Waals surface area contributed by atoms with Crippen molar-refractivity contribution in [2.24, 2.45) is 0 Å². The number of fused-ring (bicyclic) bond motifs is 1. The number of rotatable bonds is 2. The fraction of sp³-hybridized carbons (Fsp3) is 0.500. The van der Waals surface area contributed by atoms with Gasteiger partial charge >= 0.3 is 0 Å². The van der Waals surface area contributed by atoms with Gasteiger partial charge in [0.15, 0.2) is 11.5 Å². The van der Waals surface area contributed by atoms with Crippen LogP contribution in [0.4, 0.5) is 5.82 Å². The molecule has 1 aliphatic rings. The molecule has 3 atom stereocenters. The highest BCUT2D eigenvalue weighted by molar-refractivity contribution is 6.28. The molecule has 2 aromatic rings. The number of halogens is 1. The van der Waals surface area contributed by atoms with Crippen molar-refractivity contribution in [2.45, 2.75) is 24.9 Å². The van der Waals surface area contributed by atoms with Gasteiger partial charge in [-0.1, -0.05) is 0 Å². The average Bonchev–Trinajstić information content (AvgIpc) is 2.92. The Morgan fingerprint density at radius 1 is 1.53 bits per heavy atom. The third-order valence-electron chi connectivity index (χ3n) is 3.12. The van der Waals surface area contributed by atoms with Crippen molar-refractivity contribution in [1.82, 2.24) is 19.5 Å². The maximum absolute atomic E-state index is 9.74. The van der Waals surface area contributed by atoms with Crippen LogP contribution >= 0.6 is 11.6 Å². The van der Waals surface area contributed by atoms with Gasteiger partial charge in [0.25, 0.3) is 0 Å². The lowest BCUT2D eigenvalue weighted by molar-refractivity contribution is -0.0432. The molecule has 0 aliphatic carbocycles. The van der Waals surface area contributed by atoms with Gasteiger partial charge in [0.2, 0.25) is 5.28 Å². The van der Waals surface area contributed by atoms with E-state index >= 15 is 0 Å². The van der Waals surface area contributed by atoms with Gasteiger partial charge in [-0.05, 0) is 11.6 Å². The van der Waals surface area contributed by atoms with Gasteiger partial charge in [0.1, 0.15) is 17.8 Å². The molecule has 0 radical (unpaired) electrons. The molecule has 1 fully saturated rings. The van der Waals surface area contributed by atoms with Gasteiger partial charge in [-0.2, -0.15) is 9.97 Å². The van der Waals surface area contributed by atoms with Crippen LogP contribution in [0, 0.1) is 0 Å². The second-order valence-electron chi connectivity index (χ2n) is 4.32. The molecule has 19 heavy (non-hydrogen) atoms. The minimum Gasteiger partial charge on any atom is -0.394 e. The summed E-state index contributed by atoms with van der Waals surface area (Å²) in [6.07, 6.45) is 0.0169. The van der Waals surface area contributed by atoms with E-state index in [0.717, 1.165) is 0 Å². The Kier molecular flexibility index (Phi) is 3.02. The number of hydrogen-bond donors (Lipinski definition) is 3. The molecule has 0 saturated carbocycles. The van der Waals surface area contributed by atoms with E-state index in [-0.39, 0.29) is 17.7 Å². The van der Waals surface area contributed by atoms with E-state index in [0.29, 0.717) is 17.6 Å². The van der Waals surface area contributed by atoms with Crippen molar-refractivity contribution >= 4 is 28.6 Å². The SMILES string of the molecule is Nc1nc(Cl)nc2c1ncn2[C@H]1C[C@@H](O)C(CO)O1. The summed E-state index contributed by atoms with van der Waals surface area (Å²) in [6.45, 7) is -0.248. The Bertz CT molecular complexity index is 618. The lowest BCUT2D eigenvalue weighted by Crippen LogP contribution is -2.24. The lowest BCUT2D eigenvalue weighted by Gasteiger charge is -2.13. The minimum absolute atomic E-state index is 0.0176. The minimum atomic E-state index is -0.734. The Morgan fingerprint density at radius 3 is 3.00 bits per heavy atom. The molecule has 3 heterocycles. The Morgan fingerprint density at radius 2 is 2.32 bits per heavy atom. The van der Waals surface area contributed by atoms with Crippen LogP contribution in [0.25, 0.3) is 11.2 Å². The number of anilines is 1. The van der Waals surface area contributed by atoms with Gasteiger partial charge in [-0.25, -0.2) is 4.98 Å². The first-order chi connectivity index (χ1) is 9.10. The second-order valence-corrected chi connectivity index (χ2v) is 4.65. The van der Waals surface area contributed by atoms with E-state index in [9.17, 15) is 5.11 Å². The van der Waals surface area contributed by atoms with Gasteiger partial charge in [0.05, 0.1) is 19.0 Å². The Hall–Kier alpha value is -1.48. The van der Waals surface area contributed by atoms with Crippen LogP contribution in [-0.2, 0) is 4.74 Å². The van der Waals surface area contributed by atoms with E-state index in [1.165, 1.54) is 6.33 Å². The fourth-order valence-electron chi connectivity index (χ4n) is 2.17. The van der Waals surface area contributed by atoms with Crippen molar-refractivity contribution in [3.05, 3.63) is 11.6 Å². The number of aromatic nitrogens is 4. The second kappa shape index (κ2) is 4.57. The molecule has 3 rings (SSSR count). The largest absolute Gasteiger partial charge is 0.394 e. The predicted octanol–water partition coefficient (Wildman–Crippen LogP) is -0.297. The van der Waals surface area contributed by atoms with Gasteiger partial charge in [0, 0.05) is 6.42 Å². The number of ether oxygens (including phenoxy) is 1. The molecular formula is C10H12ClN5O3. The smallest absolute Gasteiger partial charge is 0.226 e. The van der Waals surface area contributed by atoms with E-state index in [1.807, 2.05) is 0 Å². The van der Waals surface area contributed by atoms with Gasteiger partial charge < -0.3 is 20.7 Å². The number of hydrogen-bond acceptors (Lipinski definition) is 7. The molecule has 4 N–H and O–H groups in total. The zero-order valence-corrected chi connectivity index (χ0v) is 10.5. The van der Waals surface area contributed by atoms with E-state index in [1.54, 1.807) is 4.57 Å². The molecule has 1 saturated heterocycles. The van der Waals surface area contributed by atoms with E-state index < -0.39 is 18.4 Å². The monoisotopic (exact) mass is 285 g/mol. The summed E-state index contributed by atoms with van der Waals surface area (Å²) in [5, 5.41) is 18.8. The van der Waals surface area contributed by atoms with E-state index in [4.69, 9.17) is 27.2 Å². The summed E-state index contributed by atoms with van der Waals surface area (Å²) in [7, 11) is 0. The molecule has 0 bridgehead atoms. The molecule has 0 aromatic carbocycles. The highest BCUT2D eigenvalue weighted by atomic mass is 35.5. The normalized spacial score (nSPS) is 27.2. The van der Waals surface area contributed by atoms with Crippen LogP contribution in [-0.4, -0.2) is 48.5 Å². The third-order valence-corrected chi connectivity index (χ3v) is 3.28. The zero-order chi connectivity index (χ0) is 13.6. The summed E-state index contributed by atoms with van der Waals surface area (Å²) in [5.41, 5.74) is 6.57. The van der Waals surface area contributed by atoms with Crippen LogP contribution in [0.5, 0.6) is 0 Å². The number of imidazole rings is 1. The number of nitrogens with zero attached hydrogens (tertiary/aromatic N) is 4. The van der Waals surface area contributed by atoms with Crippen LogP contribution < -0.4 is 5.73 Å². The topological polar surface area (TPSA) is 119 Å². The Labute approximate surface area is 112 Å². The highest BCUT2D eigenvalue weighted by Crippen LogP contribution is 2.31. The molecule has 9 heteroatoms. The summed E-state index contributed by atoms with van der Waals surface area (Å²) < 4.78 is 7.16. The molecule has 8 nitrogen and oxygen atoms in total. The molecular weight excluding hydrogens is 274 g/mol. The summed E-state index contributed by atoms with van der Waals surface area (Å²) >= 11 is 5.77. The maximum Gasteiger partial charge on any atom is 0.226 e. The van der Waals surface area contributed by atoms with Gasteiger partial charge in [-0.3, -0.25) is 4.57 Å². The lowest BCUT2D eigenvalue weighted by atomic mass is 10.2. The maximum atomic E-state index is 9.74. The van der Waals surface area contributed by atoms with Crippen molar-refractivity contribution in [1.29, 1.82) is 0 Å². The summed E-state index contributed by atoms with van der Waals surface area (Å²) in [5.74, 6) is 0.186. The van der Waals surface area contributed by atoms with Crippen LogP contribution in [0.1, 0.15) is 12.6 Å². The summed E-state index contributed by atoms with van der Waals surface area (Å²) in [6, 6.07) is 0. The third kappa shape index (κ3) is 2.02. The van der Waals surface area contributed by atoms with Crippen molar-refractivity contribution in [3.8, 4) is 0 Å². The highest BCUT2D eigenvalue weighted by Gasteiger charge is 2.35. The van der Waals surface area contributed by atoms with Crippen LogP contribution in [0.2, 0.25) is 5.28 Å². The van der Waals surface area contributed by atoms with Crippen LogP contribution in [0.3, 0.4) is 0 Å². The summed E-state index contributed by atoms with van der Waals surface area (Å²) in [4.78, 5) is 12.0.